The molecule has 2 nitrogen and oxygen atoms in total. The number of nitrogens with two attached hydrogens (primary N) is 1. The maximum Gasteiger partial charge on any atom is 0.172 e. The number of halogens is 2. The van der Waals surface area contributed by atoms with E-state index in [-0.39, 0.29) is 11.3 Å². The lowest BCUT2D eigenvalue weighted by molar-refractivity contribution is 0.378. The molecular weight excluding hydrogens is 176 g/mol. The maximum atomic E-state index is 13.3. The summed E-state index contributed by atoms with van der Waals surface area (Å²) in [6, 6.07) is 1.69. The number of benzene rings is 1. The first-order valence-electron chi connectivity index (χ1n) is 3.85. The Balaban J connectivity index is 3.30. The lowest BCUT2D eigenvalue weighted by Crippen LogP contribution is -2.10. The van der Waals surface area contributed by atoms with Crippen molar-refractivity contribution in [3.05, 3.63) is 29.3 Å². The zero-order valence-electron chi connectivity index (χ0n) is 7.47. The second-order valence-corrected chi connectivity index (χ2v) is 2.77. The van der Waals surface area contributed by atoms with Crippen LogP contribution in [0.3, 0.4) is 0 Å². The summed E-state index contributed by atoms with van der Waals surface area (Å²) in [6.07, 6.45) is 0. The number of ether oxygens (including phenoxy) is 1. The standard InChI is InChI=1S/C9H11F2NO/c1-5(12)8-6(10)3-4-7(13-2)9(8)11/h3-5H,12H2,1-2H3/t5-/m1/s1. The van der Waals surface area contributed by atoms with Crippen molar-refractivity contribution in [1.29, 1.82) is 0 Å². The van der Waals surface area contributed by atoms with Crippen molar-refractivity contribution in [2.45, 2.75) is 13.0 Å². The van der Waals surface area contributed by atoms with Crippen LogP contribution in [0, 0.1) is 11.6 Å². The molecule has 1 rings (SSSR count). The van der Waals surface area contributed by atoms with Crippen LogP contribution < -0.4 is 10.5 Å². The Morgan fingerprint density at radius 3 is 2.46 bits per heavy atom. The van der Waals surface area contributed by atoms with E-state index >= 15 is 0 Å². The molecule has 0 spiro atoms. The first-order valence-corrected chi connectivity index (χ1v) is 3.85. The van der Waals surface area contributed by atoms with Gasteiger partial charge in [0.1, 0.15) is 5.82 Å². The van der Waals surface area contributed by atoms with Crippen LogP contribution in [-0.2, 0) is 0 Å². The summed E-state index contributed by atoms with van der Waals surface area (Å²) in [5.74, 6) is -1.36. The smallest absolute Gasteiger partial charge is 0.172 e. The second-order valence-electron chi connectivity index (χ2n) is 2.77. The quantitative estimate of drug-likeness (QED) is 0.768. The molecule has 0 radical (unpaired) electrons. The third-order valence-electron chi connectivity index (χ3n) is 1.77. The zero-order chi connectivity index (χ0) is 10.0. The van der Waals surface area contributed by atoms with E-state index in [1.807, 2.05) is 0 Å². The SMILES string of the molecule is COc1ccc(F)c([C@@H](C)N)c1F. The first-order chi connectivity index (χ1) is 6.07. The largest absolute Gasteiger partial charge is 0.494 e. The fourth-order valence-electron chi connectivity index (χ4n) is 1.12. The lowest BCUT2D eigenvalue weighted by Gasteiger charge is -2.11. The average molecular weight is 187 g/mol. The van der Waals surface area contributed by atoms with Crippen LogP contribution in [0.1, 0.15) is 18.5 Å². The zero-order valence-corrected chi connectivity index (χ0v) is 7.47. The Bertz CT molecular complexity index is 313. The first kappa shape index (κ1) is 9.92. The van der Waals surface area contributed by atoms with Crippen molar-refractivity contribution >= 4 is 0 Å². The molecule has 72 valence electrons. The number of hydrogen-bond acceptors (Lipinski definition) is 2. The third kappa shape index (κ3) is 1.78. The van der Waals surface area contributed by atoms with Gasteiger partial charge in [-0.15, -0.1) is 0 Å². The highest BCUT2D eigenvalue weighted by atomic mass is 19.1. The van der Waals surface area contributed by atoms with Gasteiger partial charge in [0.2, 0.25) is 0 Å². The predicted octanol–water partition coefficient (Wildman–Crippen LogP) is 1.99. The summed E-state index contributed by atoms with van der Waals surface area (Å²) < 4.78 is 31.1. The van der Waals surface area contributed by atoms with Gasteiger partial charge in [-0.25, -0.2) is 8.78 Å². The Morgan fingerprint density at radius 2 is 2.00 bits per heavy atom. The monoisotopic (exact) mass is 187 g/mol. The minimum atomic E-state index is -0.725. The van der Waals surface area contributed by atoms with Gasteiger partial charge in [0.15, 0.2) is 11.6 Å². The third-order valence-corrected chi connectivity index (χ3v) is 1.77. The van der Waals surface area contributed by atoms with Crippen LogP contribution in [0.4, 0.5) is 8.78 Å². The summed E-state index contributed by atoms with van der Waals surface area (Å²) in [5.41, 5.74) is 5.26. The molecule has 0 heterocycles. The molecule has 4 heteroatoms. The van der Waals surface area contributed by atoms with Crippen LogP contribution in [0.2, 0.25) is 0 Å². The molecule has 0 bridgehead atoms. The minimum absolute atomic E-state index is 0.00806. The molecule has 0 saturated heterocycles. The Morgan fingerprint density at radius 1 is 1.38 bits per heavy atom. The van der Waals surface area contributed by atoms with E-state index in [2.05, 4.69) is 0 Å². The van der Waals surface area contributed by atoms with E-state index in [0.717, 1.165) is 6.07 Å². The van der Waals surface area contributed by atoms with Gasteiger partial charge in [-0.3, -0.25) is 0 Å². The molecule has 0 aliphatic heterocycles. The molecule has 0 saturated carbocycles. The van der Waals surface area contributed by atoms with Gasteiger partial charge in [-0.05, 0) is 19.1 Å². The molecule has 0 unspecified atom stereocenters. The summed E-state index contributed by atoms with van der Waals surface area (Å²) in [7, 11) is 1.32. The molecule has 0 amide bonds. The number of hydrogen-bond donors (Lipinski definition) is 1. The topological polar surface area (TPSA) is 35.2 Å². The molecular formula is C9H11F2NO. The van der Waals surface area contributed by atoms with Crippen molar-refractivity contribution in [3.8, 4) is 5.75 Å². The summed E-state index contributed by atoms with van der Waals surface area (Å²) >= 11 is 0. The normalized spacial score (nSPS) is 12.7. The van der Waals surface area contributed by atoms with Gasteiger partial charge in [-0.1, -0.05) is 0 Å². The molecule has 0 aliphatic rings. The molecule has 1 aromatic rings. The van der Waals surface area contributed by atoms with Gasteiger partial charge < -0.3 is 10.5 Å². The van der Waals surface area contributed by atoms with E-state index < -0.39 is 17.7 Å². The van der Waals surface area contributed by atoms with Crippen molar-refractivity contribution < 1.29 is 13.5 Å². The van der Waals surface area contributed by atoms with E-state index in [9.17, 15) is 8.78 Å². The van der Waals surface area contributed by atoms with Crippen LogP contribution in [0.25, 0.3) is 0 Å². The highest BCUT2D eigenvalue weighted by Gasteiger charge is 2.16. The van der Waals surface area contributed by atoms with Crippen LogP contribution >= 0.6 is 0 Å². The van der Waals surface area contributed by atoms with Gasteiger partial charge >= 0.3 is 0 Å². The van der Waals surface area contributed by atoms with Crippen molar-refractivity contribution in [2.75, 3.05) is 7.11 Å². The Hall–Kier alpha value is -1.16. The number of rotatable bonds is 2. The predicted molar refractivity (Wildman–Crippen MR) is 45.5 cm³/mol. The molecule has 1 aromatic carbocycles. The summed E-state index contributed by atoms with van der Waals surface area (Å²) in [6.45, 7) is 1.51. The lowest BCUT2D eigenvalue weighted by atomic mass is 10.1. The molecule has 0 aliphatic carbocycles. The molecule has 2 N–H and O–H groups in total. The van der Waals surface area contributed by atoms with E-state index in [1.165, 1.54) is 20.1 Å². The Kier molecular flexibility index (Phi) is 2.83. The summed E-state index contributed by atoms with van der Waals surface area (Å²) in [4.78, 5) is 0. The van der Waals surface area contributed by atoms with Gasteiger partial charge in [0, 0.05) is 11.6 Å². The van der Waals surface area contributed by atoms with Gasteiger partial charge in [-0.2, -0.15) is 0 Å². The highest BCUT2D eigenvalue weighted by Crippen LogP contribution is 2.26. The van der Waals surface area contributed by atoms with E-state index in [1.54, 1.807) is 0 Å². The fraction of sp³-hybridized carbons (Fsp3) is 0.333. The maximum absolute atomic E-state index is 13.3. The molecule has 0 fully saturated rings. The van der Waals surface area contributed by atoms with E-state index in [4.69, 9.17) is 10.5 Å². The number of methoxy groups -OCH3 is 1. The second kappa shape index (κ2) is 3.70. The van der Waals surface area contributed by atoms with Gasteiger partial charge in [0.05, 0.1) is 7.11 Å². The van der Waals surface area contributed by atoms with Crippen molar-refractivity contribution in [1.82, 2.24) is 0 Å². The highest BCUT2D eigenvalue weighted by molar-refractivity contribution is 5.33. The summed E-state index contributed by atoms with van der Waals surface area (Å²) in [5, 5.41) is 0. The van der Waals surface area contributed by atoms with Crippen molar-refractivity contribution in [3.63, 3.8) is 0 Å². The van der Waals surface area contributed by atoms with E-state index in [0.29, 0.717) is 0 Å². The average Bonchev–Trinajstić information content (AvgIpc) is 2.04. The minimum Gasteiger partial charge on any atom is -0.494 e. The fourth-order valence-corrected chi connectivity index (χ4v) is 1.12. The van der Waals surface area contributed by atoms with Crippen molar-refractivity contribution in [2.24, 2.45) is 5.73 Å². The van der Waals surface area contributed by atoms with Gasteiger partial charge in [0.25, 0.3) is 0 Å². The van der Waals surface area contributed by atoms with Crippen LogP contribution in [-0.4, -0.2) is 7.11 Å². The Labute approximate surface area is 75.3 Å². The molecule has 1 atom stereocenters. The van der Waals surface area contributed by atoms with Crippen LogP contribution in [0.5, 0.6) is 5.75 Å². The van der Waals surface area contributed by atoms with Crippen LogP contribution in [0.15, 0.2) is 12.1 Å². The molecule has 13 heavy (non-hydrogen) atoms. The molecule has 0 aromatic heterocycles.